The van der Waals surface area contributed by atoms with Gasteiger partial charge in [0, 0.05) is 34.6 Å². The predicted octanol–water partition coefficient (Wildman–Crippen LogP) is 3.56. The minimum absolute atomic E-state index is 0.0739. The van der Waals surface area contributed by atoms with Crippen LogP contribution < -0.4 is 15.6 Å². The van der Waals surface area contributed by atoms with Crippen LogP contribution in [0.15, 0.2) is 54.2 Å². The van der Waals surface area contributed by atoms with E-state index in [1.165, 1.54) is 11.1 Å². The molecular weight excluding hydrogens is 506 g/mol. The number of fused-ring (bicyclic) bond motifs is 1. The van der Waals surface area contributed by atoms with Gasteiger partial charge in [0.1, 0.15) is 5.75 Å². The molecule has 1 aliphatic rings. The Kier molecular flexibility index (Phi) is 6.26. The van der Waals surface area contributed by atoms with Gasteiger partial charge in [0.05, 0.1) is 35.7 Å². The molecule has 0 spiro atoms. The molecule has 1 saturated carbocycles. The van der Waals surface area contributed by atoms with Gasteiger partial charge in [-0.15, -0.1) is 6.58 Å². The third-order valence-corrected chi connectivity index (χ3v) is 9.63. The number of carbonyl (C=O) groups excluding carboxylic acids is 1. The molecule has 1 aliphatic carbocycles. The minimum Gasteiger partial charge on any atom is -0.496 e. The predicted molar refractivity (Wildman–Crippen MR) is 145 cm³/mol. The molecule has 3 heterocycles. The SMILES string of the molecule is C=CCC1(S(=O)(=O)n2cc(C)c3c(C(=O)NCc4c(OC)cc(C)[nH]c4=O)cc(-c4cn[nH]c4)cc32)CC1. The number of pyridine rings is 1. The van der Waals surface area contributed by atoms with Crippen molar-refractivity contribution in [1.29, 1.82) is 0 Å². The zero-order valence-electron chi connectivity index (χ0n) is 21.4. The second kappa shape index (κ2) is 9.32. The highest BCUT2D eigenvalue weighted by atomic mass is 32.2. The van der Waals surface area contributed by atoms with E-state index < -0.39 is 20.7 Å². The van der Waals surface area contributed by atoms with Crippen molar-refractivity contribution < 1.29 is 17.9 Å². The van der Waals surface area contributed by atoms with Gasteiger partial charge in [0.15, 0.2) is 0 Å². The first-order chi connectivity index (χ1) is 18.1. The number of methoxy groups -OCH3 is 1. The highest BCUT2D eigenvalue weighted by Crippen LogP contribution is 2.49. The van der Waals surface area contributed by atoms with Crippen molar-refractivity contribution in [3.8, 4) is 16.9 Å². The molecule has 0 unspecified atom stereocenters. The van der Waals surface area contributed by atoms with Crippen molar-refractivity contribution in [2.24, 2.45) is 0 Å². The monoisotopic (exact) mass is 535 g/mol. The van der Waals surface area contributed by atoms with Crippen LogP contribution in [-0.4, -0.2) is 45.3 Å². The van der Waals surface area contributed by atoms with Crippen LogP contribution in [0.3, 0.4) is 0 Å². The number of allylic oxidation sites excluding steroid dienone is 1. The lowest BCUT2D eigenvalue weighted by Gasteiger charge is -2.17. The maximum Gasteiger partial charge on any atom is 0.256 e. The molecule has 10 nitrogen and oxygen atoms in total. The van der Waals surface area contributed by atoms with Crippen LogP contribution in [0.4, 0.5) is 0 Å². The summed E-state index contributed by atoms with van der Waals surface area (Å²) in [6.07, 6.45) is 7.97. The van der Waals surface area contributed by atoms with Gasteiger partial charge in [-0.1, -0.05) is 6.08 Å². The van der Waals surface area contributed by atoms with Crippen LogP contribution in [-0.2, 0) is 16.6 Å². The number of amides is 1. The smallest absolute Gasteiger partial charge is 0.256 e. The molecule has 0 atom stereocenters. The Labute approximate surface area is 219 Å². The normalized spacial score (nSPS) is 14.4. The number of aromatic amines is 2. The van der Waals surface area contributed by atoms with Gasteiger partial charge in [0.25, 0.3) is 11.5 Å². The zero-order valence-corrected chi connectivity index (χ0v) is 22.2. The number of benzene rings is 1. The van der Waals surface area contributed by atoms with E-state index in [-0.39, 0.29) is 17.7 Å². The second-order valence-electron chi connectivity index (χ2n) is 9.70. The second-order valence-corrected chi connectivity index (χ2v) is 11.9. The first-order valence-electron chi connectivity index (χ1n) is 12.2. The summed E-state index contributed by atoms with van der Waals surface area (Å²) < 4.78 is 33.4. The topological polar surface area (TPSA) is 139 Å². The van der Waals surface area contributed by atoms with E-state index in [2.05, 4.69) is 27.1 Å². The van der Waals surface area contributed by atoms with Crippen molar-refractivity contribution in [3.63, 3.8) is 0 Å². The van der Waals surface area contributed by atoms with E-state index in [1.54, 1.807) is 56.7 Å². The van der Waals surface area contributed by atoms with E-state index in [0.29, 0.717) is 63.9 Å². The Morgan fingerprint density at radius 3 is 2.66 bits per heavy atom. The number of carbonyl (C=O) groups is 1. The van der Waals surface area contributed by atoms with E-state index in [1.807, 2.05) is 0 Å². The number of ether oxygens (including phenoxy) is 1. The fourth-order valence-corrected chi connectivity index (χ4v) is 7.02. The number of hydrogen-bond donors (Lipinski definition) is 3. The summed E-state index contributed by atoms with van der Waals surface area (Å²) in [6.45, 7) is 7.19. The molecule has 3 aromatic heterocycles. The summed E-state index contributed by atoms with van der Waals surface area (Å²) in [6, 6.07) is 5.16. The average molecular weight is 536 g/mol. The van der Waals surface area contributed by atoms with Crippen LogP contribution >= 0.6 is 0 Å². The first-order valence-corrected chi connectivity index (χ1v) is 13.6. The summed E-state index contributed by atoms with van der Waals surface area (Å²) in [4.78, 5) is 28.9. The van der Waals surface area contributed by atoms with E-state index in [9.17, 15) is 18.0 Å². The Hall–Kier alpha value is -4.12. The lowest BCUT2D eigenvalue weighted by atomic mass is 10.00. The van der Waals surface area contributed by atoms with Gasteiger partial charge in [-0.05, 0) is 62.4 Å². The number of rotatable bonds is 9. The van der Waals surface area contributed by atoms with Gasteiger partial charge in [-0.3, -0.25) is 14.7 Å². The zero-order chi connectivity index (χ0) is 27.2. The average Bonchev–Trinajstić information content (AvgIpc) is 3.32. The Morgan fingerprint density at radius 2 is 2.03 bits per heavy atom. The summed E-state index contributed by atoms with van der Waals surface area (Å²) in [5, 5.41) is 10.1. The van der Waals surface area contributed by atoms with Crippen molar-refractivity contribution >= 4 is 26.8 Å². The van der Waals surface area contributed by atoms with Crippen LogP contribution in [0, 0.1) is 13.8 Å². The van der Waals surface area contributed by atoms with E-state index in [4.69, 9.17) is 4.74 Å². The largest absolute Gasteiger partial charge is 0.496 e. The maximum atomic E-state index is 13.8. The van der Waals surface area contributed by atoms with Gasteiger partial charge >= 0.3 is 0 Å². The molecule has 0 bridgehead atoms. The van der Waals surface area contributed by atoms with E-state index in [0.717, 1.165) is 0 Å². The van der Waals surface area contributed by atoms with Gasteiger partial charge in [0.2, 0.25) is 10.0 Å². The van der Waals surface area contributed by atoms with Gasteiger partial charge in [-0.2, -0.15) is 5.10 Å². The summed E-state index contributed by atoms with van der Waals surface area (Å²) in [5.74, 6) is -0.0814. The number of nitrogens with zero attached hydrogens (tertiary/aromatic N) is 2. The van der Waals surface area contributed by atoms with Crippen LogP contribution in [0.1, 0.15) is 46.4 Å². The summed E-state index contributed by atoms with van der Waals surface area (Å²) >= 11 is 0. The molecule has 5 rings (SSSR count). The molecule has 11 heteroatoms. The van der Waals surface area contributed by atoms with Crippen molar-refractivity contribution in [3.05, 3.63) is 82.2 Å². The number of hydrogen-bond acceptors (Lipinski definition) is 6. The standard InChI is InChI=1S/C27H29N5O5S/c1-5-6-27(7-8-27)38(35,36)32-15-16(2)24-20(10-18(11-22(24)32)19-12-29-30-13-19)25(33)28-14-21-23(37-4)9-17(3)31-26(21)34/h5,9-13,15H,1,6-8,14H2,2-4H3,(H,28,33)(H,29,30)(H,31,34). The third kappa shape index (κ3) is 4.12. The number of H-pyrrole nitrogens is 2. The Morgan fingerprint density at radius 1 is 1.26 bits per heavy atom. The van der Waals surface area contributed by atoms with Crippen LogP contribution in [0.2, 0.25) is 0 Å². The number of nitrogens with one attached hydrogen (secondary N) is 3. The summed E-state index contributed by atoms with van der Waals surface area (Å²) in [5.41, 5.74) is 3.24. The molecule has 4 aromatic rings. The Bertz CT molecular complexity index is 1730. The highest BCUT2D eigenvalue weighted by molar-refractivity contribution is 7.91. The van der Waals surface area contributed by atoms with Crippen molar-refractivity contribution in [1.82, 2.24) is 24.5 Å². The molecule has 1 aromatic carbocycles. The summed E-state index contributed by atoms with van der Waals surface area (Å²) in [7, 11) is -2.31. The Balaban J connectivity index is 1.63. The fourth-order valence-electron chi connectivity index (χ4n) is 4.96. The molecule has 198 valence electrons. The van der Waals surface area contributed by atoms with E-state index >= 15 is 0 Å². The molecule has 0 aliphatic heterocycles. The number of aryl methyl sites for hydroxylation is 2. The molecule has 0 radical (unpaired) electrons. The quantitative estimate of drug-likeness (QED) is 0.280. The van der Waals surface area contributed by atoms with Gasteiger partial charge in [-0.25, -0.2) is 12.4 Å². The molecule has 0 saturated heterocycles. The fraction of sp³-hybridized carbons (Fsp3) is 0.296. The van der Waals surface area contributed by atoms with Crippen molar-refractivity contribution in [2.75, 3.05) is 7.11 Å². The van der Waals surface area contributed by atoms with Crippen LogP contribution in [0.25, 0.3) is 22.0 Å². The molecule has 1 amide bonds. The molecule has 38 heavy (non-hydrogen) atoms. The van der Waals surface area contributed by atoms with Crippen molar-refractivity contribution in [2.45, 2.75) is 44.4 Å². The van der Waals surface area contributed by atoms with Crippen LogP contribution in [0.5, 0.6) is 5.75 Å². The molecular formula is C27H29N5O5S. The first kappa shape index (κ1) is 25.5. The molecule has 1 fully saturated rings. The lowest BCUT2D eigenvalue weighted by molar-refractivity contribution is 0.0952. The highest BCUT2D eigenvalue weighted by Gasteiger charge is 2.54. The maximum absolute atomic E-state index is 13.8. The van der Waals surface area contributed by atoms with Gasteiger partial charge < -0.3 is 15.0 Å². The molecule has 3 N–H and O–H groups in total. The minimum atomic E-state index is -3.77. The third-order valence-electron chi connectivity index (χ3n) is 7.14. The number of aromatic nitrogens is 4. The lowest BCUT2D eigenvalue weighted by Crippen LogP contribution is -2.29.